The van der Waals surface area contributed by atoms with E-state index in [0.29, 0.717) is 48.2 Å². The number of esters is 1. The van der Waals surface area contributed by atoms with Gasteiger partial charge in [-0.05, 0) is 43.3 Å². The van der Waals surface area contributed by atoms with Crippen molar-refractivity contribution in [2.24, 2.45) is 0 Å². The summed E-state index contributed by atoms with van der Waals surface area (Å²) in [7, 11) is 1.56. The lowest BCUT2D eigenvalue weighted by Crippen LogP contribution is -2.48. The number of benzene rings is 1. The molecule has 11 heteroatoms. The van der Waals surface area contributed by atoms with Gasteiger partial charge in [0.25, 0.3) is 5.91 Å². The van der Waals surface area contributed by atoms with Gasteiger partial charge in [-0.2, -0.15) is 10.2 Å². The number of anilines is 2. The minimum Gasteiger partial charge on any atom is -0.494 e. The van der Waals surface area contributed by atoms with Crippen LogP contribution in [0.15, 0.2) is 60.9 Å². The van der Waals surface area contributed by atoms with E-state index in [9.17, 15) is 9.59 Å². The summed E-state index contributed by atoms with van der Waals surface area (Å²) in [5.41, 5.74) is 3.44. The molecule has 5 rings (SSSR count). The number of aromatic amines is 1. The first-order valence-electron chi connectivity index (χ1n) is 11.5. The smallest absolute Gasteiger partial charge is 0.356 e. The van der Waals surface area contributed by atoms with Crippen LogP contribution in [0.3, 0.4) is 0 Å². The number of carbonyl (C=O) groups excluding carboxylic acids is 2. The maximum absolute atomic E-state index is 12.9. The van der Waals surface area contributed by atoms with Crippen molar-refractivity contribution in [1.82, 2.24) is 25.0 Å². The third-order valence-corrected chi connectivity index (χ3v) is 5.91. The van der Waals surface area contributed by atoms with Crippen LogP contribution in [0.5, 0.6) is 5.75 Å². The van der Waals surface area contributed by atoms with Crippen LogP contribution >= 0.6 is 0 Å². The van der Waals surface area contributed by atoms with Crippen molar-refractivity contribution >= 4 is 23.3 Å². The number of aromatic nitrogens is 5. The Balaban J connectivity index is 1.26. The average molecular weight is 488 g/mol. The molecule has 2 N–H and O–H groups in total. The summed E-state index contributed by atoms with van der Waals surface area (Å²) in [6.07, 6.45) is 3.31. The fraction of sp³-hybridized carbons (Fsp3) is 0.240. The maximum atomic E-state index is 12.9. The molecule has 1 aliphatic rings. The molecule has 1 aromatic carbocycles. The quantitative estimate of drug-likeness (QED) is 0.363. The predicted octanol–water partition coefficient (Wildman–Crippen LogP) is 3.17. The number of pyridine rings is 1. The van der Waals surface area contributed by atoms with Gasteiger partial charge in [-0.15, -0.1) is 0 Å². The van der Waals surface area contributed by atoms with E-state index in [-0.39, 0.29) is 23.6 Å². The van der Waals surface area contributed by atoms with Crippen LogP contribution in [0.1, 0.15) is 33.9 Å². The first-order valence-corrected chi connectivity index (χ1v) is 11.5. The van der Waals surface area contributed by atoms with Crippen LogP contribution < -0.4 is 15.0 Å². The minimum atomic E-state index is -0.375. The van der Waals surface area contributed by atoms with Crippen molar-refractivity contribution in [3.05, 3.63) is 72.3 Å². The summed E-state index contributed by atoms with van der Waals surface area (Å²) in [6, 6.07) is 14.3. The highest BCUT2D eigenvalue weighted by atomic mass is 16.5. The van der Waals surface area contributed by atoms with Gasteiger partial charge in [0, 0.05) is 37.2 Å². The Bertz CT molecular complexity index is 1380. The topological polar surface area (TPSA) is 127 Å². The number of nitrogens with one attached hydrogen (secondary N) is 2. The SMILES string of the molecule is CCOC(=O)c1ccnn1C1CN(c2ccc(NC(=O)c3cccc(-c4cc[nH]n4)n3)c(OC)c2)C1. The molecule has 0 radical (unpaired) electrons. The molecule has 0 saturated carbocycles. The molecular formula is C25H25N7O4. The first-order chi connectivity index (χ1) is 17.6. The van der Waals surface area contributed by atoms with E-state index in [4.69, 9.17) is 9.47 Å². The second kappa shape index (κ2) is 9.90. The van der Waals surface area contributed by atoms with Crippen LogP contribution in [0.4, 0.5) is 11.4 Å². The van der Waals surface area contributed by atoms with Crippen LogP contribution in [0.2, 0.25) is 0 Å². The van der Waals surface area contributed by atoms with E-state index < -0.39 is 0 Å². The molecule has 184 valence electrons. The summed E-state index contributed by atoms with van der Waals surface area (Å²) in [5.74, 6) is -0.203. The monoisotopic (exact) mass is 487 g/mol. The lowest BCUT2D eigenvalue weighted by molar-refractivity contribution is 0.0507. The van der Waals surface area contributed by atoms with Crippen molar-refractivity contribution in [2.45, 2.75) is 13.0 Å². The summed E-state index contributed by atoms with van der Waals surface area (Å²) >= 11 is 0. The number of amides is 1. The summed E-state index contributed by atoms with van der Waals surface area (Å²) in [4.78, 5) is 31.6. The van der Waals surface area contributed by atoms with Crippen LogP contribution in [-0.4, -0.2) is 63.6 Å². The Morgan fingerprint density at radius 3 is 2.75 bits per heavy atom. The Labute approximate surface area is 207 Å². The van der Waals surface area contributed by atoms with Crippen LogP contribution in [0.25, 0.3) is 11.4 Å². The largest absolute Gasteiger partial charge is 0.494 e. The highest BCUT2D eigenvalue weighted by Crippen LogP contribution is 2.34. The molecule has 4 aromatic rings. The molecule has 0 unspecified atom stereocenters. The molecule has 11 nitrogen and oxygen atoms in total. The van der Waals surface area contributed by atoms with Gasteiger partial charge in [-0.3, -0.25) is 14.6 Å². The maximum Gasteiger partial charge on any atom is 0.356 e. The van der Waals surface area contributed by atoms with Crippen LogP contribution in [0, 0.1) is 0 Å². The molecule has 0 aliphatic carbocycles. The van der Waals surface area contributed by atoms with Crippen molar-refractivity contribution in [3.8, 4) is 17.1 Å². The van der Waals surface area contributed by atoms with E-state index in [2.05, 4.69) is 30.5 Å². The van der Waals surface area contributed by atoms with E-state index in [1.54, 1.807) is 67.5 Å². The summed E-state index contributed by atoms with van der Waals surface area (Å²) < 4.78 is 12.4. The molecule has 36 heavy (non-hydrogen) atoms. The second-order valence-electron chi connectivity index (χ2n) is 8.15. The minimum absolute atomic E-state index is 0.0534. The Hall–Kier alpha value is -4.67. The highest BCUT2D eigenvalue weighted by molar-refractivity contribution is 6.04. The molecule has 1 amide bonds. The van der Waals surface area contributed by atoms with Gasteiger partial charge in [0.1, 0.15) is 22.8 Å². The van der Waals surface area contributed by atoms with Gasteiger partial charge in [-0.25, -0.2) is 9.78 Å². The third kappa shape index (κ3) is 4.50. The number of H-pyrrole nitrogens is 1. The van der Waals surface area contributed by atoms with E-state index in [0.717, 1.165) is 5.69 Å². The molecule has 1 aliphatic heterocycles. The molecule has 0 atom stereocenters. The van der Waals surface area contributed by atoms with Gasteiger partial charge in [0.2, 0.25) is 0 Å². The number of hydrogen-bond acceptors (Lipinski definition) is 8. The standard InChI is InChI=1S/C25H25N7O4/c1-3-36-25(34)22-10-12-27-32(22)17-14-31(15-17)16-7-8-20(23(13-16)35-2)29-24(33)21-6-4-5-18(28-21)19-9-11-26-30-19/h4-13,17H,3,14-15H2,1-2H3,(H,26,30)(H,29,33). The Morgan fingerprint density at radius 2 is 2.00 bits per heavy atom. The summed E-state index contributed by atoms with van der Waals surface area (Å²) in [6.45, 7) is 3.44. The first kappa shape index (κ1) is 23.1. The third-order valence-electron chi connectivity index (χ3n) is 5.91. The fourth-order valence-corrected chi connectivity index (χ4v) is 4.07. The zero-order valence-electron chi connectivity index (χ0n) is 19.8. The van der Waals surface area contributed by atoms with Crippen molar-refractivity contribution in [3.63, 3.8) is 0 Å². The van der Waals surface area contributed by atoms with Gasteiger partial charge in [0.05, 0.1) is 31.1 Å². The van der Waals surface area contributed by atoms with E-state index in [1.807, 2.05) is 12.1 Å². The second-order valence-corrected chi connectivity index (χ2v) is 8.15. The predicted molar refractivity (Wildman–Crippen MR) is 132 cm³/mol. The lowest BCUT2D eigenvalue weighted by atomic mass is 10.1. The molecule has 1 fully saturated rings. The molecule has 1 saturated heterocycles. The number of hydrogen-bond donors (Lipinski definition) is 2. The van der Waals surface area contributed by atoms with E-state index >= 15 is 0 Å². The van der Waals surface area contributed by atoms with Crippen LogP contribution in [-0.2, 0) is 4.74 Å². The fourth-order valence-electron chi connectivity index (χ4n) is 4.07. The normalized spacial score (nSPS) is 13.2. The number of methoxy groups -OCH3 is 1. The van der Waals surface area contributed by atoms with Gasteiger partial charge in [-0.1, -0.05) is 6.07 Å². The van der Waals surface area contributed by atoms with Crippen molar-refractivity contribution in [2.75, 3.05) is 37.0 Å². The number of rotatable bonds is 8. The van der Waals surface area contributed by atoms with Crippen molar-refractivity contribution < 1.29 is 19.1 Å². The zero-order valence-corrected chi connectivity index (χ0v) is 19.8. The van der Waals surface area contributed by atoms with Gasteiger partial charge < -0.3 is 19.7 Å². The molecule has 4 heterocycles. The van der Waals surface area contributed by atoms with Gasteiger partial charge >= 0.3 is 5.97 Å². The van der Waals surface area contributed by atoms with Crippen molar-refractivity contribution in [1.29, 1.82) is 0 Å². The number of carbonyl (C=O) groups is 2. The molecule has 3 aromatic heterocycles. The molecule has 0 spiro atoms. The molecule has 0 bridgehead atoms. The molecular weight excluding hydrogens is 462 g/mol. The highest BCUT2D eigenvalue weighted by Gasteiger charge is 2.32. The average Bonchev–Trinajstić information content (AvgIpc) is 3.57. The Morgan fingerprint density at radius 1 is 1.14 bits per heavy atom. The lowest BCUT2D eigenvalue weighted by Gasteiger charge is -2.41. The Kier molecular flexibility index (Phi) is 6.35. The zero-order chi connectivity index (χ0) is 25.1. The van der Waals surface area contributed by atoms with Gasteiger partial charge in [0.15, 0.2) is 0 Å². The van der Waals surface area contributed by atoms with E-state index in [1.165, 1.54) is 0 Å². The number of ether oxygens (including phenoxy) is 2. The number of nitrogens with zero attached hydrogens (tertiary/aromatic N) is 5. The summed E-state index contributed by atoms with van der Waals surface area (Å²) in [5, 5.41) is 14.0.